The molecular weight excluding hydrogens is 192 g/mol. The number of allylic oxidation sites excluding steroid dienone is 1. The van der Waals surface area contributed by atoms with Crippen LogP contribution in [-0.4, -0.2) is 18.2 Å². The first kappa shape index (κ1) is 12.0. The van der Waals surface area contributed by atoms with E-state index in [2.05, 4.69) is 0 Å². The highest BCUT2D eigenvalue weighted by molar-refractivity contribution is 6.07. The lowest BCUT2D eigenvalue weighted by Crippen LogP contribution is -2.32. The van der Waals surface area contributed by atoms with Gasteiger partial charge < -0.3 is 4.74 Å². The number of Topliss-reactive ketones (excluding diaryl/α,β-unsaturated/α-hetero) is 2. The van der Waals surface area contributed by atoms with Gasteiger partial charge in [-0.3, -0.25) is 9.59 Å². The minimum absolute atomic E-state index is 0.00820. The molecule has 1 aliphatic carbocycles. The molecule has 1 atom stereocenters. The lowest BCUT2D eigenvalue weighted by Gasteiger charge is -2.21. The average Bonchev–Trinajstić information content (AvgIpc) is 2.56. The number of carbonyl (C=O) groups is 2. The molecule has 1 rings (SSSR count). The Morgan fingerprint density at radius 3 is 2.80 bits per heavy atom. The summed E-state index contributed by atoms with van der Waals surface area (Å²) >= 11 is 0. The Labute approximate surface area is 90.5 Å². The maximum absolute atomic E-state index is 11.7. The van der Waals surface area contributed by atoms with Gasteiger partial charge in [0.25, 0.3) is 0 Å². The van der Waals surface area contributed by atoms with Gasteiger partial charge in [-0.25, -0.2) is 0 Å². The van der Waals surface area contributed by atoms with Crippen LogP contribution in [0.15, 0.2) is 12.3 Å². The fourth-order valence-electron chi connectivity index (χ4n) is 2.07. The third-order valence-corrected chi connectivity index (χ3v) is 3.04. The van der Waals surface area contributed by atoms with Gasteiger partial charge in [0.2, 0.25) is 0 Å². The minimum Gasteiger partial charge on any atom is -0.502 e. The summed E-state index contributed by atoms with van der Waals surface area (Å²) in [5, 5.41) is 0. The molecule has 0 aromatic carbocycles. The number of ether oxygens (including phenoxy) is 1. The summed E-state index contributed by atoms with van der Waals surface area (Å²) in [6.07, 6.45) is 5.92. The molecule has 3 heteroatoms. The van der Waals surface area contributed by atoms with E-state index in [1.165, 1.54) is 6.92 Å². The fourth-order valence-corrected chi connectivity index (χ4v) is 2.07. The van der Waals surface area contributed by atoms with Crippen LogP contribution in [0.5, 0.6) is 0 Å². The maximum Gasteiger partial charge on any atom is 0.146 e. The van der Waals surface area contributed by atoms with Crippen molar-refractivity contribution in [1.29, 1.82) is 0 Å². The van der Waals surface area contributed by atoms with Gasteiger partial charge in [0.15, 0.2) is 0 Å². The molecule has 1 aliphatic rings. The van der Waals surface area contributed by atoms with Crippen molar-refractivity contribution in [2.75, 3.05) is 6.61 Å². The molecular formula is C12H18O3. The molecule has 0 aromatic rings. The normalized spacial score (nSPS) is 26.1. The second kappa shape index (κ2) is 5.10. The van der Waals surface area contributed by atoms with Crippen molar-refractivity contribution in [3.8, 4) is 0 Å². The van der Waals surface area contributed by atoms with Crippen molar-refractivity contribution in [1.82, 2.24) is 0 Å². The van der Waals surface area contributed by atoms with E-state index in [9.17, 15) is 9.59 Å². The Bertz CT molecular complexity index is 281. The van der Waals surface area contributed by atoms with Crippen LogP contribution in [0.4, 0.5) is 0 Å². The maximum atomic E-state index is 11.7. The van der Waals surface area contributed by atoms with Crippen LogP contribution >= 0.6 is 0 Å². The molecule has 1 fully saturated rings. The first-order valence-electron chi connectivity index (χ1n) is 5.44. The summed E-state index contributed by atoms with van der Waals surface area (Å²) in [5.74, 6) is 0.0855. The molecule has 0 radical (unpaired) electrons. The highest BCUT2D eigenvalue weighted by atomic mass is 16.5. The van der Waals surface area contributed by atoms with Gasteiger partial charge in [0, 0.05) is 6.42 Å². The topological polar surface area (TPSA) is 43.4 Å². The monoisotopic (exact) mass is 210 g/mol. The molecule has 0 heterocycles. The largest absolute Gasteiger partial charge is 0.502 e. The molecule has 3 nitrogen and oxygen atoms in total. The summed E-state index contributed by atoms with van der Waals surface area (Å²) < 4.78 is 5.05. The van der Waals surface area contributed by atoms with Crippen molar-refractivity contribution < 1.29 is 14.3 Å². The first-order chi connectivity index (χ1) is 7.13. The van der Waals surface area contributed by atoms with Crippen LogP contribution in [0.2, 0.25) is 0 Å². The van der Waals surface area contributed by atoms with Crippen LogP contribution in [0, 0.1) is 5.41 Å². The minimum atomic E-state index is -0.742. The summed E-state index contributed by atoms with van der Waals surface area (Å²) in [5.41, 5.74) is -0.742. The van der Waals surface area contributed by atoms with E-state index in [0.717, 1.165) is 6.42 Å². The van der Waals surface area contributed by atoms with Crippen molar-refractivity contribution >= 4 is 11.6 Å². The SMILES string of the molecule is CCO/C=C\CC1(C(C)=O)CCCC1=O. The third-order valence-electron chi connectivity index (χ3n) is 3.04. The standard InChI is InChI=1S/C12H18O3/c1-3-15-9-5-8-12(10(2)13)7-4-6-11(12)14/h5,9H,3-4,6-8H2,1-2H3/b9-5-. The van der Waals surface area contributed by atoms with Gasteiger partial charge in [-0.15, -0.1) is 0 Å². The Morgan fingerprint density at radius 1 is 1.60 bits per heavy atom. The second-order valence-corrected chi connectivity index (χ2v) is 3.95. The zero-order valence-corrected chi connectivity index (χ0v) is 9.41. The molecule has 0 spiro atoms. The molecule has 1 unspecified atom stereocenters. The number of ketones is 2. The van der Waals surface area contributed by atoms with E-state index >= 15 is 0 Å². The van der Waals surface area contributed by atoms with E-state index in [0.29, 0.717) is 25.9 Å². The first-order valence-corrected chi connectivity index (χ1v) is 5.44. The highest BCUT2D eigenvalue weighted by Crippen LogP contribution is 2.39. The number of carbonyl (C=O) groups excluding carboxylic acids is 2. The van der Waals surface area contributed by atoms with Gasteiger partial charge in [-0.1, -0.05) is 0 Å². The second-order valence-electron chi connectivity index (χ2n) is 3.95. The van der Waals surface area contributed by atoms with Crippen LogP contribution in [0.3, 0.4) is 0 Å². The van der Waals surface area contributed by atoms with Gasteiger partial charge in [-0.2, -0.15) is 0 Å². The molecule has 0 amide bonds. The zero-order valence-electron chi connectivity index (χ0n) is 9.41. The molecule has 0 N–H and O–H groups in total. The van der Waals surface area contributed by atoms with Crippen molar-refractivity contribution in [2.24, 2.45) is 5.41 Å². The zero-order chi connectivity index (χ0) is 11.3. The Morgan fingerprint density at radius 2 is 2.33 bits per heavy atom. The van der Waals surface area contributed by atoms with E-state index in [1.807, 2.05) is 6.92 Å². The molecule has 84 valence electrons. The van der Waals surface area contributed by atoms with Crippen LogP contribution in [0.1, 0.15) is 39.5 Å². The van der Waals surface area contributed by atoms with Gasteiger partial charge >= 0.3 is 0 Å². The van der Waals surface area contributed by atoms with Crippen LogP contribution in [0.25, 0.3) is 0 Å². The molecule has 0 bridgehead atoms. The van der Waals surface area contributed by atoms with E-state index in [4.69, 9.17) is 4.74 Å². The Kier molecular flexibility index (Phi) is 4.06. The molecule has 1 saturated carbocycles. The summed E-state index contributed by atoms with van der Waals surface area (Å²) in [6, 6.07) is 0. The van der Waals surface area contributed by atoms with Crippen LogP contribution < -0.4 is 0 Å². The van der Waals surface area contributed by atoms with Crippen molar-refractivity contribution in [3.05, 3.63) is 12.3 Å². The number of rotatable bonds is 5. The summed E-state index contributed by atoms with van der Waals surface area (Å²) in [6.45, 7) is 4.01. The number of hydrogen-bond acceptors (Lipinski definition) is 3. The molecule has 0 aromatic heterocycles. The average molecular weight is 210 g/mol. The summed E-state index contributed by atoms with van der Waals surface area (Å²) in [4.78, 5) is 23.3. The van der Waals surface area contributed by atoms with Gasteiger partial charge in [0.1, 0.15) is 11.6 Å². The Hall–Kier alpha value is -1.12. The third kappa shape index (κ3) is 2.46. The smallest absolute Gasteiger partial charge is 0.146 e. The quantitative estimate of drug-likeness (QED) is 0.516. The molecule has 0 saturated heterocycles. The fraction of sp³-hybridized carbons (Fsp3) is 0.667. The lowest BCUT2D eigenvalue weighted by atomic mass is 9.78. The van der Waals surface area contributed by atoms with E-state index in [1.54, 1.807) is 12.3 Å². The lowest BCUT2D eigenvalue weighted by molar-refractivity contribution is -0.137. The predicted octanol–water partition coefficient (Wildman–Crippen LogP) is 2.26. The summed E-state index contributed by atoms with van der Waals surface area (Å²) in [7, 11) is 0. The van der Waals surface area contributed by atoms with E-state index in [-0.39, 0.29) is 11.6 Å². The van der Waals surface area contributed by atoms with E-state index < -0.39 is 5.41 Å². The van der Waals surface area contributed by atoms with Crippen LogP contribution in [-0.2, 0) is 14.3 Å². The van der Waals surface area contributed by atoms with Gasteiger partial charge in [-0.05, 0) is 39.2 Å². The van der Waals surface area contributed by atoms with Gasteiger partial charge in [0.05, 0.1) is 18.3 Å². The molecule has 15 heavy (non-hydrogen) atoms. The van der Waals surface area contributed by atoms with Crippen molar-refractivity contribution in [2.45, 2.75) is 39.5 Å². The van der Waals surface area contributed by atoms with Crippen molar-refractivity contribution in [3.63, 3.8) is 0 Å². The Balaban J connectivity index is 2.67. The molecule has 0 aliphatic heterocycles. The predicted molar refractivity (Wildman–Crippen MR) is 57.4 cm³/mol. The number of hydrogen-bond donors (Lipinski definition) is 0. The highest BCUT2D eigenvalue weighted by Gasteiger charge is 2.44.